The topological polar surface area (TPSA) is 79.2 Å². The summed E-state index contributed by atoms with van der Waals surface area (Å²) in [5.74, 6) is 13.4. The predicted molar refractivity (Wildman–Crippen MR) is 517 cm³/mol. The van der Waals surface area contributed by atoms with Crippen molar-refractivity contribution in [2.45, 2.75) is 413 Å². The maximum absolute atomic E-state index is 15.0. The molecule has 0 amide bonds. The standard InChI is InChI=1S/C58H88N2O2.C57H87N2.Zn/c1-13-62-57(61)53-52(47-28-20-16-24-43(47)37(6)7)56(60-54(53)48-29-21-17-25-44(48)38(8)9)51(39-30-32-40(33-31-39)58(10,11)12)55-49(45-26-18-14-22-41(45)35(2)3)34-50(59-55)46-27-19-15-23-42(46)36(4)5;1-13-41-53(48-28-20-16-24-44(48)37(6)7)56(59-54(41)49-29-21-17-25-45(49)38(8)9)52(39-30-32-40(33-31-39)57(10,11)12)55-50(46-26-18-14-22-42(46)35(2)3)34-51(58-55)47-27-19-15-23-43(47)36(4)5;/h30-38,41-48H,13-29H2,1-12H3,(H,59,60,61);30-38,42-49H,13-29H2,1-12H3;/q;-1;+2/p-1/b;55-52-;. The Morgan fingerprint density at radius 2 is 0.746 bits per heavy atom. The minimum absolute atomic E-state index is 0. The molecule has 4 aromatic rings. The average molecular weight is 1710 g/mol. The Hall–Kier alpha value is -4.61. The van der Waals surface area contributed by atoms with Gasteiger partial charge >= 0.3 is 25.4 Å². The molecule has 6 nitrogen and oxygen atoms in total. The smallest absolute Gasteiger partial charge is 0.660 e. The van der Waals surface area contributed by atoms with Crippen LogP contribution in [0, 0.1) is 118 Å². The molecular formula is C115H174N4O2Zn. The fourth-order valence-electron chi connectivity index (χ4n) is 27.4. The molecule has 8 saturated carbocycles. The number of esters is 1. The molecule has 14 rings (SSSR count). The van der Waals surface area contributed by atoms with E-state index in [4.69, 9.17) is 24.7 Å². The number of aliphatic imine (C=N–C) groups is 2. The van der Waals surface area contributed by atoms with Crippen LogP contribution in [0.25, 0.3) is 11.1 Å². The van der Waals surface area contributed by atoms with Crippen molar-refractivity contribution in [3.05, 3.63) is 151 Å². The van der Waals surface area contributed by atoms with Crippen LogP contribution in [0.5, 0.6) is 0 Å². The van der Waals surface area contributed by atoms with Gasteiger partial charge in [-0.1, -0.05) is 333 Å². The molecule has 2 aromatic heterocycles. The van der Waals surface area contributed by atoms with Crippen LogP contribution in [0.2, 0.25) is 0 Å². The van der Waals surface area contributed by atoms with E-state index in [2.05, 4.69) is 220 Å². The summed E-state index contributed by atoms with van der Waals surface area (Å²) in [4.78, 5) is 39.6. The van der Waals surface area contributed by atoms with Gasteiger partial charge in [0.1, 0.15) is 0 Å². The normalized spacial score (nSPS) is 30.0. The van der Waals surface area contributed by atoms with E-state index in [1.807, 2.05) is 6.92 Å². The third kappa shape index (κ3) is 21.0. The van der Waals surface area contributed by atoms with E-state index < -0.39 is 0 Å². The number of allylic oxidation sites excluding steroid dienone is 3. The van der Waals surface area contributed by atoms with Gasteiger partial charge in [0.2, 0.25) is 0 Å². The van der Waals surface area contributed by atoms with Crippen LogP contribution < -0.4 is 9.97 Å². The van der Waals surface area contributed by atoms with Gasteiger partial charge in [-0.3, -0.25) is 9.98 Å². The van der Waals surface area contributed by atoms with Crippen LogP contribution in [0.15, 0.2) is 98.8 Å². The molecule has 2 aromatic carbocycles. The van der Waals surface area contributed by atoms with Crippen LogP contribution in [0.4, 0.5) is 0 Å². The van der Waals surface area contributed by atoms with Crippen molar-refractivity contribution in [1.29, 1.82) is 0 Å². The second kappa shape index (κ2) is 42.3. The van der Waals surface area contributed by atoms with E-state index >= 15 is 4.79 Å². The molecule has 8 aliphatic carbocycles. The van der Waals surface area contributed by atoms with Gasteiger partial charge in [-0.05, 0) is 308 Å². The Kier molecular flexibility index (Phi) is 33.5. The second-order valence-electron chi connectivity index (χ2n) is 46.2. The van der Waals surface area contributed by atoms with Crippen molar-refractivity contribution in [2.24, 2.45) is 128 Å². The number of rotatable bonds is 23. The number of nitrogens with zero attached hydrogens (tertiary/aromatic N) is 4. The summed E-state index contributed by atoms with van der Waals surface area (Å²) >= 11 is 0. The molecule has 16 atom stereocenters. The van der Waals surface area contributed by atoms with E-state index in [0.717, 1.165) is 36.2 Å². The number of carbonyl (C=O) groups excluding carboxylic acids is 1. The summed E-state index contributed by atoms with van der Waals surface area (Å²) in [6.45, 7) is 58.3. The minimum Gasteiger partial charge on any atom is -0.660 e. The van der Waals surface area contributed by atoms with Gasteiger partial charge < -0.3 is 14.7 Å². The molecule has 16 unspecified atom stereocenters. The van der Waals surface area contributed by atoms with E-state index in [9.17, 15) is 0 Å². The molecule has 668 valence electrons. The Morgan fingerprint density at radius 1 is 0.393 bits per heavy atom. The first-order valence-corrected chi connectivity index (χ1v) is 51.7. The van der Waals surface area contributed by atoms with E-state index in [-0.39, 0.29) is 48.1 Å². The molecule has 122 heavy (non-hydrogen) atoms. The summed E-state index contributed by atoms with van der Waals surface area (Å²) in [6.07, 6.45) is 44.8. The van der Waals surface area contributed by atoms with Gasteiger partial charge in [0, 0.05) is 17.5 Å². The zero-order valence-corrected chi connectivity index (χ0v) is 85.5. The van der Waals surface area contributed by atoms with Crippen LogP contribution in [-0.4, -0.2) is 24.0 Å². The van der Waals surface area contributed by atoms with Crippen molar-refractivity contribution >= 4 is 28.5 Å². The molecule has 10 aliphatic rings. The van der Waals surface area contributed by atoms with Gasteiger partial charge in [-0.15, -0.1) is 11.4 Å². The van der Waals surface area contributed by atoms with E-state index in [1.165, 1.54) is 271 Å². The largest absolute Gasteiger partial charge is 2.00 e. The Labute approximate surface area is 760 Å². The zero-order chi connectivity index (χ0) is 86.6. The SMILES string of the molecule is CCOC(=O)C1=C(C2CCCCC2C(C)C)/C(=C(\c2ccc(C(C)(C)C)cc2)c2[n-]c(C3CCCCC3C(C)C)cc2C2CCCCC2C(C)C)N=C1C1CCCCC1C(C)C.CCc1c(C2CCCCC2C(C)C)[n-]c(/C(=C2\N=C(C3CCCCC3C(C)C)C=C2C2CCCCC2C(C)C)c2ccc(C(C)(C)C)cc2)c1C1CCCCC1C(C)C.[Zn+2]. The van der Waals surface area contributed by atoms with Crippen molar-refractivity contribution in [1.82, 2.24) is 9.97 Å². The molecule has 0 saturated heterocycles. The fraction of sp³-hybridized carbons (Fsp3) is 0.730. The number of ether oxygens (including phenoxy) is 1. The molecule has 4 heterocycles. The van der Waals surface area contributed by atoms with Gasteiger partial charge in [-0.25, -0.2) is 4.79 Å². The Balaban J connectivity index is 0.000000222. The quantitative estimate of drug-likeness (QED) is 0.0547. The van der Waals surface area contributed by atoms with Crippen LogP contribution in [0.1, 0.15) is 457 Å². The third-order valence-electron chi connectivity index (χ3n) is 34.0. The van der Waals surface area contributed by atoms with Crippen molar-refractivity contribution in [3.63, 3.8) is 0 Å². The predicted octanol–water partition coefficient (Wildman–Crippen LogP) is 32.2. The molecule has 0 bridgehead atoms. The van der Waals surface area contributed by atoms with Crippen LogP contribution in [-0.2, 0) is 46.3 Å². The van der Waals surface area contributed by atoms with Gasteiger partial charge in [0.15, 0.2) is 0 Å². The van der Waals surface area contributed by atoms with Crippen LogP contribution >= 0.6 is 0 Å². The van der Waals surface area contributed by atoms with E-state index in [0.29, 0.717) is 137 Å². The molecule has 0 radical (unpaired) electrons. The summed E-state index contributed by atoms with van der Waals surface area (Å²) < 4.78 is 6.21. The Bertz CT molecular complexity index is 4280. The first-order valence-electron chi connectivity index (χ1n) is 51.7. The summed E-state index contributed by atoms with van der Waals surface area (Å²) in [5.41, 5.74) is 26.6. The number of carbonyl (C=O) groups is 1. The monoisotopic (exact) mass is 1710 g/mol. The molecule has 0 spiro atoms. The third-order valence-corrected chi connectivity index (χ3v) is 34.0. The number of hydrogen-bond donors (Lipinski definition) is 0. The van der Waals surface area contributed by atoms with Crippen molar-refractivity contribution in [2.75, 3.05) is 6.61 Å². The maximum Gasteiger partial charge on any atom is 2.00 e. The van der Waals surface area contributed by atoms with Crippen molar-refractivity contribution < 1.29 is 29.0 Å². The zero-order valence-electron chi connectivity index (χ0n) is 82.5. The van der Waals surface area contributed by atoms with E-state index in [1.54, 1.807) is 16.7 Å². The summed E-state index contributed by atoms with van der Waals surface area (Å²) in [7, 11) is 0. The number of aromatic nitrogens is 2. The van der Waals surface area contributed by atoms with Gasteiger partial charge in [0.25, 0.3) is 0 Å². The molecule has 0 N–H and O–H groups in total. The maximum atomic E-state index is 15.0. The molecule has 2 aliphatic heterocycles. The molecule has 7 heteroatoms. The van der Waals surface area contributed by atoms with Crippen molar-refractivity contribution in [3.8, 4) is 0 Å². The average Bonchev–Trinajstić information content (AvgIpc) is 1.57. The van der Waals surface area contributed by atoms with Crippen LogP contribution in [0.3, 0.4) is 0 Å². The summed E-state index contributed by atoms with van der Waals surface area (Å²) in [5, 5.41) is 0. The fourth-order valence-corrected chi connectivity index (χ4v) is 27.4. The Morgan fingerprint density at radius 3 is 1.20 bits per heavy atom. The molecular weight excluding hydrogens is 1530 g/mol. The number of hydrogen-bond acceptors (Lipinski definition) is 4. The summed E-state index contributed by atoms with van der Waals surface area (Å²) in [6, 6.07) is 22.1. The van der Waals surface area contributed by atoms with Gasteiger partial charge in [0.05, 0.1) is 29.3 Å². The minimum atomic E-state index is -0.148. The first kappa shape index (κ1) is 96.5. The van der Waals surface area contributed by atoms with Gasteiger partial charge in [-0.2, -0.15) is 11.4 Å². The second-order valence-corrected chi connectivity index (χ2v) is 46.2. The number of benzene rings is 2. The molecule has 8 fully saturated rings. The first-order chi connectivity index (χ1) is 57.8.